The van der Waals surface area contributed by atoms with E-state index in [9.17, 15) is 24.3 Å². The average Bonchev–Trinajstić information content (AvgIpc) is 3.06. The Morgan fingerprint density at radius 1 is 1.06 bits per heavy atom. The summed E-state index contributed by atoms with van der Waals surface area (Å²) in [5.41, 5.74) is 2.94. The normalized spacial score (nSPS) is 21.1. The molecule has 4 atom stereocenters. The number of nitrogens with zero attached hydrogens (tertiary/aromatic N) is 1. The number of nitrogens with one attached hydrogen (secondary N) is 1. The first-order chi connectivity index (χ1) is 22.3. The van der Waals surface area contributed by atoms with Crippen LogP contribution >= 0.6 is 0 Å². The number of aromatic nitrogens is 1. The fraction of sp³-hybridized carbons (Fsp3) is 0.417. The van der Waals surface area contributed by atoms with Crippen molar-refractivity contribution >= 4 is 23.8 Å². The molecule has 11 heteroatoms. The molecule has 1 fully saturated rings. The molecule has 47 heavy (non-hydrogen) atoms. The van der Waals surface area contributed by atoms with Crippen LogP contribution in [0.3, 0.4) is 0 Å². The third-order valence-corrected chi connectivity index (χ3v) is 7.63. The maximum atomic E-state index is 13.5. The predicted molar refractivity (Wildman–Crippen MR) is 174 cm³/mol. The molecule has 2 aromatic rings. The van der Waals surface area contributed by atoms with Crippen LogP contribution in [0.4, 0.5) is 0 Å². The van der Waals surface area contributed by atoms with Crippen molar-refractivity contribution in [2.75, 3.05) is 20.3 Å². The molecule has 1 aromatic carbocycles. The maximum Gasteiger partial charge on any atom is 0.316 e. The summed E-state index contributed by atoms with van der Waals surface area (Å²) in [6, 6.07) is 10.8. The third kappa shape index (κ3) is 10.3. The summed E-state index contributed by atoms with van der Waals surface area (Å²) in [5.74, 6) is -4.65. The van der Waals surface area contributed by atoms with E-state index in [0.29, 0.717) is 5.57 Å². The number of esters is 3. The minimum atomic E-state index is -1.04. The Kier molecular flexibility index (Phi) is 13.3. The van der Waals surface area contributed by atoms with E-state index in [0.717, 1.165) is 16.7 Å². The van der Waals surface area contributed by atoms with Crippen LogP contribution in [-0.4, -0.2) is 66.4 Å². The van der Waals surface area contributed by atoms with Gasteiger partial charge in [-0.25, -0.2) is 4.98 Å². The molecule has 3 rings (SSSR count). The van der Waals surface area contributed by atoms with Crippen LogP contribution in [0.5, 0.6) is 11.5 Å². The quantitative estimate of drug-likeness (QED) is 0.196. The van der Waals surface area contributed by atoms with E-state index in [1.807, 2.05) is 50.3 Å². The molecule has 252 valence electrons. The van der Waals surface area contributed by atoms with E-state index < -0.39 is 53.8 Å². The molecule has 11 nitrogen and oxygen atoms in total. The number of pyridine rings is 1. The van der Waals surface area contributed by atoms with Gasteiger partial charge in [0.25, 0.3) is 5.91 Å². The Balaban J connectivity index is 1.75. The SMILES string of the molecule is COc1ccnc(C(=O)NC/C=C(\C)C=C(C)C=C(C)C2COC(=O)C(Cc3ccccc3)C(OC(=O)C(C)C)C(C)OC2=O)c1O. The number of aromatic hydroxyl groups is 1. The van der Waals surface area contributed by atoms with E-state index in [2.05, 4.69) is 10.3 Å². The van der Waals surface area contributed by atoms with Crippen molar-refractivity contribution in [3.63, 3.8) is 0 Å². The fourth-order valence-electron chi connectivity index (χ4n) is 5.04. The Bertz CT molecular complexity index is 1530. The van der Waals surface area contributed by atoms with Gasteiger partial charge in [0.2, 0.25) is 0 Å². The number of benzene rings is 1. The molecule has 0 radical (unpaired) electrons. The first-order valence-corrected chi connectivity index (χ1v) is 15.5. The van der Waals surface area contributed by atoms with Gasteiger partial charge in [0.1, 0.15) is 24.5 Å². The van der Waals surface area contributed by atoms with Gasteiger partial charge in [-0.3, -0.25) is 19.2 Å². The summed E-state index contributed by atoms with van der Waals surface area (Å²) in [6.45, 7) is 10.4. The zero-order valence-corrected chi connectivity index (χ0v) is 27.9. The Hall–Kier alpha value is -4.93. The number of carbonyl (C=O) groups excluding carboxylic acids is 4. The lowest BCUT2D eigenvalue weighted by Gasteiger charge is -2.29. The summed E-state index contributed by atoms with van der Waals surface area (Å²) >= 11 is 0. The number of allylic oxidation sites excluding steroid dienone is 4. The monoisotopic (exact) mass is 648 g/mol. The van der Waals surface area contributed by atoms with Crippen molar-refractivity contribution < 1.29 is 43.2 Å². The zero-order valence-electron chi connectivity index (χ0n) is 27.9. The van der Waals surface area contributed by atoms with Crippen LogP contribution in [-0.2, 0) is 35.0 Å². The molecule has 1 aliphatic rings. The molecule has 2 N–H and O–H groups in total. The summed E-state index contributed by atoms with van der Waals surface area (Å²) in [5, 5.41) is 12.8. The first-order valence-electron chi connectivity index (χ1n) is 15.5. The molecule has 0 spiro atoms. The second-order valence-corrected chi connectivity index (χ2v) is 11.8. The largest absolute Gasteiger partial charge is 0.503 e. The number of carbonyl (C=O) groups is 4. The van der Waals surface area contributed by atoms with Crippen LogP contribution in [0.25, 0.3) is 0 Å². The first kappa shape index (κ1) is 36.5. The molecular formula is C36H44N2O9. The Morgan fingerprint density at radius 2 is 1.77 bits per heavy atom. The highest BCUT2D eigenvalue weighted by Gasteiger charge is 2.42. The van der Waals surface area contributed by atoms with Crippen LogP contribution in [0.15, 0.2) is 77.5 Å². The fourth-order valence-corrected chi connectivity index (χ4v) is 5.04. The van der Waals surface area contributed by atoms with Gasteiger partial charge in [-0.15, -0.1) is 0 Å². The second kappa shape index (κ2) is 17.1. The smallest absolute Gasteiger partial charge is 0.316 e. The van der Waals surface area contributed by atoms with E-state index in [4.69, 9.17) is 18.9 Å². The highest BCUT2D eigenvalue weighted by molar-refractivity contribution is 5.95. The van der Waals surface area contributed by atoms with Gasteiger partial charge in [0.05, 0.1) is 13.0 Å². The Morgan fingerprint density at radius 3 is 2.43 bits per heavy atom. The number of hydrogen-bond donors (Lipinski definition) is 2. The van der Waals surface area contributed by atoms with Gasteiger partial charge >= 0.3 is 17.9 Å². The number of methoxy groups -OCH3 is 1. The molecule has 4 unspecified atom stereocenters. The van der Waals surface area contributed by atoms with Crippen LogP contribution in [0, 0.1) is 17.8 Å². The Labute approximate surface area is 275 Å². The predicted octanol–water partition coefficient (Wildman–Crippen LogP) is 4.90. The van der Waals surface area contributed by atoms with E-state index in [1.54, 1.807) is 39.8 Å². The number of amides is 1. The molecule has 2 heterocycles. The standard InChI is InChI=1S/C36H44N2O9/c1-21(2)34(41)47-32-25(6)46-36(43)28(20-45-35(42)27(32)19-26-11-9-8-10-12-26)24(5)18-23(4)17-22(3)13-15-38-33(40)30-31(39)29(44-7)14-16-37-30/h8-14,16-18,21,25,27-28,32,39H,15,19-20H2,1-7H3,(H,38,40)/b22-13+,23-17?,24-18?. The average molecular weight is 649 g/mol. The van der Waals surface area contributed by atoms with Gasteiger partial charge in [0.15, 0.2) is 23.3 Å². The van der Waals surface area contributed by atoms with Crippen LogP contribution in [0.2, 0.25) is 0 Å². The molecule has 0 saturated carbocycles. The van der Waals surface area contributed by atoms with Gasteiger partial charge in [0, 0.05) is 18.8 Å². The molecule has 0 bridgehead atoms. The maximum absolute atomic E-state index is 13.5. The zero-order chi connectivity index (χ0) is 34.7. The summed E-state index contributed by atoms with van der Waals surface area (Å²) in [4.78, 5) is 55.9. The highest BCUT2D eigenvalue weighted by Crippen LogP contribution is 2.28. The third-order valence-electron chi connectivity index (χ3n) is 7.63. The topological polar surface area (TPSA) is 150 Å². The van der Waals surface area contributed by atoms with Crippen LogP contribution < -0.4 is 10.1 Å². The number of cyclic esters (lactones) is 2. The van der Waals surface area contributed by atoms with Crippen molar-refractivity contribution in [1.82, 2.24) is 10.3 Å². The minimum Gasteiger partial charge on any atom is -0.503 e. The van der Waals surface area contributed by atoms with Crippen molar-refractivity contribution in [2.45, 2.75) is 60.2 Å². The van der Waals surface area contributed by atoms with Gasteiger partial charge in [-0.1, -0.05) is 79.1 Å². The van der Waals surface area contributed by atoms with Crippen molar-refractivity contribution in [1.29, 1.82) is 0 Å². The summed E-state index contributed by atoms with van der Waals surface area (Å²) in [6.07, 6.45) is 5.10. The van der Waals surface area contributed by atoms with Crippen molar-refractivity contribution in [2.24, 2.45) is 17.8 Å². The lowest BCUT2D eigenvalue weighted by molar-refractivity contribution is -0.176. The van der Waals surface area contributed by atoms with Crippen LogP contribution in [0.1, 0.15) is 57.6 Å². The van der Waals surface area contributed by atoms with Gasteiger partial charge < -0.3 is 29.4 Å². The van der Waals surface area contributed by atoms with Gasteiger partial charge in [-0.05, 0) is 39.7 Å². The number of hydrogen-bond acceptors (Lipinski definition) is 10. The molecule has 1 aliphatic heterocycles. The molecule has 1 amide bonds. The second-order valence-electron chi connectivity index (χ2n) is 11.8. The lowest BCUT2D eigenvalue weighted by Crippen LogP contribution is -2.43. The molecule has 1 saturated heterocycles. The van der Waals surface area contributed by atoms with Crippen molar-refractivity contribution in [3.8, 4) is 11.5 Å². The highest BCUT2D eigenvalue weighted by atomic mass is 16.6. The summed E-state index contributed by atoms with van der Waals surface area (Å²) < 4.78 is 22.3. The molecule has 0 aliphatic carbocycles. The lowest BCUT2D eigenvalue weighted by atomic mass is 9.91. The van der Waals surface area contributed by atoms with Crippen molar-refractivity contribution in [3.05, 3.63) is 88.8 Å². The van der Waals surface area contributed by atoms with E-state index in [-0.39, 0.29) is 36.8 Å². The summed E-state index contributed by atoms with van der Waals surface area (Å²) in [7, 11) is 1.38. The number of rotatable bonds is 11. The molecular weight excluding hydrogens is 604 g/mol. The minimum absolute atomic E-state index is 0.145. The van der Waals surface area contributed by atoms with E-state index >= 15 is 0 Å². The molecule has 1 aromatic heterocycles. The van der Waals surface area contributed by atoms with E-state index in [1.165, 1.54) is 19.4 Å². The van der Waals surface area contributed by atoms with Gasteiger partial charge in [-0.2, -0.15) is 0 Å². The number of ether oxygens (including phenoxy) is 4.